The van der Waals surface area contributed by atoms with E-state index in [0.717, 1.165) is 25.7 Å². The molecule has 0 radical (unpaired) electrons. The van der Waals surface area contributed by atoms with Crippen LogP contribution in [0.4, 0.5) is 0 Å². The van der Waals surface area contributed by atoms with E-state index in [4.69, 9.17) is 0 Å². The zero-order chi connectivity index (χ0) is 15.6. The molecule has 0 amide bonds. The summed E-state index contributed by atoms with van der Waals surface area (Å²) in [5.41, 5.74) is 1.39. The van der Waals surface area contributed by atoms with E-state index in [1.807, 2.05) is 6.07 Å². The number of rotatable bonds is 4. The molecule has 0 spiro atoms. The van der Waals surface area contributed by atoms with E-state index in [0.29, 0.717) is 18.4 Å². The van der Waals surface area contributed by atoms with Crippen LogP contribution >= 0.6 is 0 Å². The molecule has 1 aromatic heterocycles. The van der Waals surface area contributed by atoms with Gasteiger partial charge in [0.05, 0.1) is 0 Å². The van der Waals surface area contributed by atoms with Gasteiger partial charge in [0.25, 0.3) is 5.16 Å². The van der Waals surface area contributed by atoms with Gasteiger partial charge in [-0.05, 0) is 43.1 Å². The van der Waals surface area contributed by atoms with E-state index >= 15 is 0 Å². The van der Waals surface area contributed by atoms with Gasteiger partial charge >= 0.3 is 51.4 Å². The maximum atomic E-state index is 10.8. The average Bonchev–Trinajstić information content (AvgIpc) is 2.98. The molecule has 1 aliphatic carbocycles. The van der Waals surface area contributed by atoms with Gasteiger partial charge in [0, 0.05) is 6.54 Å². The van der Waals surface area contributed by atoms with Gasteiger partial charge in [-0.15, -0.1) is 5.10 Å². The Hall–Kier alpha value is -0.0936. The normalized spacial score (nSPS) is 21.6. The van der Waals surface area contributed by atoms with Crippen LogP contribution in [0.25, 0.3) is 0 Å². The van der Waals surface area contributed by atoms with Crippen molar-refractivity contribution in [2.75, 3.05) is 0 Å². The van der Waals surface area contributed by atoms with Gasteiger partial charge in [0.2, 0.25) is 0 Å². The standard InChI is InChI=1S/C15H19N3O3S.K/c19-22(20,21)15-16-11-18(17-15)10-12-6-8-14(9-7-12)13-4-2-1-3-5-13;/h1-5,11-12,14H,6-10H2,(H,19,20,21);/q;+1/p-1. The zero-order valence-corrected chi connectivity index (χ0v) is 17.1. The summed E-state index contributed by atoms with van der Waals surface area (Å²) in [6.07, 6.45) is 5.71. The van der Waals surface area contributed by atoms with Gasteiger partial charge in [0.1, 0.15) is 6.33 Å². The summed E-state index contributed by atoms with van der Waals surface area (Å²) in [5.74, 6) is 1.05. The molecule has 0 atom stereocenters. The monoisotopic (exact) mass is 359 g/mol. The Morgan fingerprint density at radius 2 is 1.78 bits per heavy atom. The molecule has 3 rings (SSSR count). The molecule has 1 fully saturated rings. The first-order valence-corrected chi connectivity index (χ1v) is 8.83. The summed E-state index contributed by atoms with van der Waals surface area (Å²) in [7, 11) is -4.56. The molecule has 6 nitrogen and oxygen atoms in total. The molecule has 1 saturated carbocycles. The van der Waals surface area contributed by atoms with E-state index < -0.39 is 15.3 Å². The van der Waals surface area contributed by atoms with Crippen molar-refractivity contribution in [3.63, 3.8) is 0 Å². The summed E-state index contributed by atoms with van der Waals surface area (Å²) in [5, 5.41) is 3.12. The van der Waals surface area contributed by atoms with Crippen molar-refractivity contribution in [1.82, 2.24) is 14.8 Å². The van der Waals surface area contributed by atoms with Gasteiger partial charge in [-0.1, -0.05) is 30.3 Å². The summed E-state index contributed by atoms with van der Waals surface area (Å²) in [6, 6.07) is 10.5. The molecule has 23 heavy (non-hydrogen) atoms. The van der Waals surface area contributed by atoms with Crippen molar-refractivity contribution < 1.29 is 64.4 Å². The van der Waals surface area contributed by atoms with Gasteiger partial charge in [-0.2, -0.15) is 0 Å². The van der Waals surface area contributed by atoms with E-state index in [1.165, 1.54) is 16.6 Å². The molecule has 0 aliphatic heterocycles. The van der Waals surface area contributed by atoms with Gasteiger partial charge in [-0.3, -0.25) is 4.68 Å². The Morgan fingerprint density at radius 1 is 1.13 bits per heavy atom. The minimum Gasteiger partial charge on any atom is -0.742 e. The van der Waals surface area contributed by atoms with Crippen LogP contribution in [0, 0.1) is 5.92 Å². The first-order chi connectivity index (χ1) is 10.5. The second-order valence-electron chi connectivity index (χ2n) is 5.83. The Morgan fingerprint density at radius 3 is 2.35 bits per heavy atom. The van der Waals surface area contributed by atoms with Crippen LogP contribution in [0.5, 0.6) is 0 Å². The summed E-state index contributed by atoms with van der Waals surface area (Å²) >= 11 is 0. The third-order valence-electron chi connectivity index (χ3n) is 4.30. The molecular weight excluding hydrogens is 341 g/mol. The Kier molecular flexibility index (Phi) is 6.96. The molecule has 118 valence electrons. The Labute approximate surface area is 178 Å². The van der Waals surface area contributed by atoms with Crippen LogP contribution in [0.3, 0.4) is 0 Å². The number of nitrogens with zero attached hydrogens (tertiary/aromatic N) is 3. The second-order valence-corrected chi connectivity index (χ2v) is 7.11. The molecule has 0 saturated heterocycles. The Bertz CT molecular complexity index is 725. The maximum Gasteiger partial charge on any atom is 1.00 e. The van der Waals surface area contributed by atoms with Crippen molar-refractivity contribution in [3.8, 4) is 0 Å². The molecule has 1 heterocycles. The topological polar surface area (TPSA) is 87.9 Å². The van der Waals surface area contributed by atoms with Crippen molar-refractivity contribution in [2.24, 2.45) is 5.92 Å². The molecule has 2 aromatic rings. The van der Waals surface area contributed by atoms with Crippen molar-refractivity contribution in [3.05, 3.63) is 42.2 Å². The van der Waals surface area contributed by atoms with Crippen LogP contribution in [0.15, 0.2) is 41.8 Å². The number of aromatic nitrogens is 3. The third kappa shape index (κ3) is 5.19. The van der Waals surface area contributed by atoms with Crippen LogP contribution in [0.2, 0.25) is 0 Å². The maximum absolute atomic E-state index is 10.8. The van der Waals surface area contributed by atoms with E-state index in [2.05, 4.69) is 34.3 Å². The molecule has 1 aromatic carbocycles. The minimum absolute atomic E-state index is 0. The van der Waals surface area contributed by atoms with Crippen LogP contribution < -0.4 is 51.4 Å². The smallest absolute Gasteiger partial charge is 0.742 e. The summed E-state index contributed by atoms with van der Waals surface area (Å²) in [4.78, 5) is 3.57. The van der Waals surface area contributed by atoms with E-state index in [1.54, 1.807) is 0 Å². The van der Waals surface area contributed by atoms with Crippen molar-refractivity contribution in [2.45, 2.75) is 43.3 Å². The fourth-order valence-electron chi connectivity index (χ4n) is 3.15. The number of benzene rings is 1. The second kappa shape index (κ2) is 8.33. The Balaban J connectivity index is 0.00000192. The molecule has 0 unspecified atom stereocenters. The van der Waals surface area contributed by atoms with Crippen LogP contribution in [-0.4, -0.2) is 27.7 Å². The fraction of sp³-hybridized carbons (Fsp3) is 0.467. The first-order valence-electron chi connectivity index (χ1n) is 7.42. The van der Waals surface area contributed by atoms with Crippen LogP contribution in [0.1, 0.15) is 37.2 Å². The first kappa shape index (κ1) is 19.2. The molecule has 0 bridgehead atoms. The minimum atomic E-state index is -4.56. The van der Waals surface area contributed by atoms with E-state index in [-0.39, 0.29) is 51.4 Å². The quantitative estimate of drug-likeness (QED) is 0.525. The summed E-state index contributed by atoms with van der Waals surface area (Å²) < 4.78 is 34.0. The predicted octanol–water partition coefficient (Wildman–Crippen LogP) is -0.840. The number of hydrogen-bond acceptors (Lipinski definition) is 5. The third-order valence-corrected chi connectivity index (χ3v) is 4.94. The predicted molar refractivity (Wildman–Crippen MR) is 79.1 cm³/mol. The van der Waals surface area contributed by atoms with Crippen molar-refractivity contribution in [1.29, 1.82) is 0 Å². The van der Waals surface area contributed by atoms with Gasteiger partial charge in [-0.25, -0.2) is 13.4 Å². The van der Waals surface area contributed by atoms with Gasteiger partial charge < -0.3 is 4.55 Å². The average molecular weight is 359 g/mol. The molecule has 0 N–H and O–H groups in total. The van der Waals surface area contributed by atoms with Crippen molar-refractivity contribution >= 4 is 10.1 Å². The fourth-order valence-corrected chi connectivity index (χ4v) is 3.53. The zero-order valence-electron chi connectivity index (χ0n) is 13.1. The molecule has 8 heteroatoms. The van der Waals surface area contributed by atoms with E-state index in [9.17, 15) is 13.0 Å². The molecular formula is C15H18KN3O3S. The largest absolute Gasteiger partial charge is 1.00 e. The van der Waals surface area contributed by atoms with Crippen LogP contribution in [-0.2, 0) is 16.7 Å². The summed E-state index contributed by atoms with van der Waals surface area (Å²) in [6.45, 7) is 0.615. The van der Waals surface area contributed by atoms with Gasteiger partial charge in [0.15, 0.2) is 10.1 Å². The SMILES string of the molecule is O=S(=O)([O-])c1ncn(CC2CCC(c3ccccc3)CC2)n1.[K+]. The molecule has 1 aliphatic rings. The number of hydrogen-bond donors (Lipinski definition) is 0.